The minimum Gasteiger partial charge on any atom is -0.496 e. The van der Waals surface area contributed by atoms with Gasteiger partial charge >= 0.3 is 0 Å². The topological polar surface area (TPSA) is 80.3 Å². The van der Waals surface area contributed by atoms with Crippen molar-refractivity contribution in [2.75, 3.05) is 7.11 Å². The van der Waals surface area contributed by atoms with Gasteiger partial charge in [0.1, 0.15) is 11.4 Å². The average molecular weight is 349 g/mol. The van der Waals surface area contributed by atoms with Crippen molar-refractivity contribution in [1.82, 2.24) is 15.8 Å². The third-order valence-electron chi connectivity index (χ3n) is 3.96. The van der Waals surface area contributed by atoms with Crippen LogP contribution in [-0.4, -0.2) is 23.9 Å². The Morgan fingerprint density at radius 1 is 0.962 bits per heavy atom. The van der Waals surface area contributed by atoms with Crippen molar-refractivity contribution in [3.05, 3.63) is 71.9 Å². The molecule has 1 aromatic heterocycles. The van der Waals surface area contributed by atoms with Crippen LogP contribution < -0.4 is 15.6 Å². The van der Waals surface area contributed by atoms with Crippen molar-refractivity contribution >= 4 is 22.7 Å². The molecule has 0 bridgehead atoms. The number of pyridine rings is 1. The molecule has 6 nitrogen and oxygen atoms in total. The van der Waals surface area contributed by atoms with Crippen molar-refractivity contribution < 1.29 is 14.3 Å². The molecule has 3 aromatic rings. The van der Waals surface area contributed by atoms with Crippen LogP contribution in [0.25, 0.3) is 10.9 Å². The van der Waals surface area contributed by atoms with E-state index in [-0.39, 0.29) is 18.0 Å². The Morgan fingerprint density at radius 2 is 1.73 bits per heavy atom. The van der Waals surface area contributed by atoms with Crippen LogP contribution in [0.1, 0.15) is 22.5 Å². The molecule has 132 valence electrons. The summed E-state index contributed by atoms with van der Waals surface area (Å²) in [4.78, 5) is 28.4. The molecule has 0 saturated carbocycles. The summed E-state index contributed by atoms with van der Waals surface area (Å²) in [5.74, 6) is -0.00357. The maximum Gasteiger partial charge on any atom is 0.288 e. The lowest BCUT2D eigenvalue weighted by molar-refractivity contribution is -0.121. The number of hydrogen-bond donors (Lipinski definition) is 2. The number of para-hydroxylation sites is 2. The Hall–Kier alpha value is -3.41. The molecule has 0 unspecified atom stereocenters. The summed E-state index contributed by atoms with van der Waals surface area (Å²) < 4.78 is 5.26. The highest BCUT2D eigenvalue weighted by atomic mass is 16.5. The number of aromatic nitrogens is 1. The van der Waals surface area contributed by atoms with Gasteiger partial charge in [-0.25, -0.2) is 4.98 Å². The van der Waals surface area contributed by atoms with Gasteiger partial charge < -0.3 is 4.74 Å². The van der Waals surface area contributed by atoms with Crippen molar-refractivity contribution in [2.45, 2.75) is 12.8 Å². The molecule has 0 aliphatic rings. The number of carbonyl (C=O) groups excluding carboxylic acids is 2. The molecule has 6 heteroatoms. The number of hydrogen-bond acceptors (Lipinski definition) is 4. The molecule has 26 heavy (non-hydrogen) atoms. The summed E-state index contributed by atoms with van der Waals surface area (Å²) in [5.41, 5.74) is 6.72. The van der Waals surface area contributed by atoms with Crippen LogP contribution in [0.15, 0.2) is 60.7 Å². The molecule has 0 radical (unpaired) electrons. The number of carbonyl (C=O) groups is 2. The highest BCUT2D eigenvalue weighted by Gasteiger charge is 2.10. The van der Waals surface area contributed by atoms with E-state index in [0.717, 1.165) is 22.2 Å². The Balaban J connectivity index is 1.54. The fraction of sp³-hybridized carbons (Fsp3) is 0.150. The van der Waals surface area contributed by atoms with Gasteiger partial charge in [0.25, 0.3) is 5.91 Å². The van der Waals surface area contributed by atoms with Gasteiger partial charge in [0.2, 0.25) is 5.91 Å². The van der Waals surface area contributed by atoms with Gasteiger partial charge in [0, 0.05) is 11.8 Å². The van der Waals surface area contributed by atoms with Crippen molar-refractivity contribution in [3.8, 4) is 5.75 Å². The number of nitrogens with zero attached hydrogens (tertiary/aromatic N) is 1. The molecule has 0 fully saturated rings. The van der Waals surface area contributed by atoms with Gasteiger partial charge in [0.05, 0.1) is 12.6 Å². The maximum absolute atomic E-state index is 12.2. The number of aryl methyl sites for hydroxylation is 1. The minimum absolute atomic E-state index is 0.228. The molecule has 3 rings (SSSR count). The smallest absolute Gasteiger partial charge is 0.288 e. The van der Waals surface area contributed by atoms with Crippen LogP contribution in [0.4, 0.5) is 0 Å². The summed E-state index contributed by atoms with van der Waals surface area (Å²) in [6.45, 7) is 0. The largest absolute Gasteiger partial charge is 0.496 e. The average Bonchev–Trinajstić information content (AvgIpc) is 2.70. The normalized spacial score (nSPS) is 10.3. The van der Waals surface area contributed by atoms with Crippen LogP contribution in [-0.2, 0) is 11.2 Å². The molecular weight excluding hydrogens is 330 g/mol. The number of amides is 2. The summed E-state index contributed by atoms with van der Waals surface area (Å²) in [5, 5.41) is 0.949. The van der Waals surface area contributed by atoms with Crippen LogP contribution in [0.2, 0.25) is 0 Å². The van der Waals surface area contributed by atoms with E-state index in [1.54, 1.807) is 13.2 Å². The van der Waals surface area contributed by atoms with E-state index in [4.69, 9.17) is 4.74 Å². The van der Waals surface area contributed by atoms with Gasteiger partial charge in [-0.1, -0.05) is 42.5 Å². The number of rotatable bonds is 5. The van der Waals surface area contributed by atoms with E-state index in [2.05, 4.69) is 15.8 Å². The van der Waals surface area contributed by atoms with E-state index in [0.29, 0.717) is 6.42 Å². The fourth-order valence-electron chi connectivity index (χ4n) is 2.60. The molecule has 2 N–H and O–H groups in total. The summed E-state index contributed by atoms with van der Waals surface area (Å²) >= 11 is 0. The number of hydrazine groups is 1. The standard InChI is InChI=1S/C20H19N3O3/c1-26-18-9-5-3-7-15(18)11-13-19(24)22-23-20(25)17-12-10-14-6-2-4-8-16(14)21-17/h2-10,12H,11,13H2,1H3,(H,22,24)(H,23,25). The van der Waals surface area contributed by atoms with Crippen molar-refractivity contribution in [1.29, 1.82) is 0 Å². The summed E-state index contributed by atoms with van der Waals surface area (Å²) in [6.07, 6.45) is 0.742. The Morgan fingerprint density at radius 3 is 2.58 bits per heavy atom. The molecular formula is C20H19N3O3. The highest BCUT2D eigenvalue weighted by molar-refractivity contribution is 5.95. The lowest BCUT2D eigenvalue weighted by atomic mass is 10.1. The monoisotopic (exact) mass is 349 g/mol. The maximum atomic E-state index is 12.2. The number of benzene rings is 2. The van der Waals surface area contributed by atoms with Crippen LogP contribution in [0.3, 0.4) is 0 Å². The first-order chi connectivity index (χ1) is 12.7. The van der Waals surface area contributed by atoms with E-state index >= 15 is 0 Å². The summed E-state index contributed by atoms with van der Waals surface area (Å²) in [7, 11) is 1.59. The number of ether oxygens (including phenoxy) is 1. The second-order valence-corrected chi connectivity index (χ2v) is 5.70. The number of fused-ring (bicyclic) bond motifs is 1. The predicted octanol–water partition coefficient (Wildman–Crippen LogP) is 2.64. The van der Waals surface area contributed by atoms with Gasteiger partial charge in [-0.05, 0) is 30.2 Å². The quantitative estimate of drug-likeness (QED) is 0.694. The third kappa shape index (κ3) is 4.16. The van der Waals surface area contributed by atoms with E-state index in [9.17, 15) is 9.59 Å². The second kappa shape index (κ2) is 8.11. The van der Waals surface area contributed by atoms with E-state index in [1.165, 1.54) is 0 Å². The number of nitrogens with one attached hydrogen (secondary N) is 2. The molecule has 0 aliphatic carbocycles. The Kier molecular flexibility index (Phi) is 5.43. The first-order valence-corrected chi connectivity index (χ1v) is 8.24. The lowest BCUT2D eigenvalue weighted by Gasteiger charge is -2.09. The van der Waals surface area contributed by atoms with Crippen molar-refractivity contribution in [2.24, 2.45) is 0 Å². The predicted molar refractivity (Wildman–Crippen MR) is 98.7 cm³/mol. The fourth-order valence-corrected chi connectivity index (χ4v) is 2.60. The molecule has 0 saturated heterocycles. The van der Waals surface area contributed by atoms with Gasteiger partial charge in [-0.2, -0.15) is 0 Å². The first-order valence-electron chi connectivity index (χ1n) is 8.24. The van der Waals surface area contributed by atoms with Gasteiger partial charge in [0.15, 0.2) is 0 Å². The zero-order valence-electron chi connectivity index (χ0n) is 14.4. The molecule has 1 heterocycles. The van der Waals surface area contributed by atoms with Gasteiger partial charge in [-0.3, -0.25) is 20.4 Å². The molecule has 2 amide bonds. The van der Waals surface area contributed by atoms with Gasteiger partial charge in [-0.15, -0.1) is 0 Å². The van der Waals surface area contributed by atoms with Crippen LogP contribution in [0, 0.1) is 0 Å². The van der Waals surface area contributed by atoms with Crippen molar-refractivity contribution in [3.63, 3.8) is 0 Å². The first kappa shape index (κ1) is 17.4. The van der Waals surface area contributed by atoms with E-state index < -0.39 is 5.91 Å². The molecule has 0 atom stereocenters. The second-order valence-electron chi connectivity index (χ2n) is 5.70. The van der Waals surface area contributed by atoms with Crippen LogP contribution >= 0.6 is 0 Å². The summed E-state index contributed by atoms with van der Waals surface area (Å²) in [6, 6.07) is 18.5. The van der Waals surface area contributed by atoms with Crippen LogP contribution in [0.5, 0.6) is 5.75 Å². The lowest BCUT2D eigenvalue weighted by Crippen LogP contribution is -2.42. The Labute approximate surface area is 151 Å². The SMILES string of the molecule is COc1ccccc1CCC(=O)NNC(=O)c1ccc2ccccc2n1. The Bertz CT molecular complexity index is 940. The third-order valence-corrected chi connectivity index (χ3v) is 3.96. The highest BCUT2D eigenvalue weighted by Crippen LogP contribution is 2.18. The minimum atomic E-state index is -0.457. The molecule has 0 spiro atoms. The molecule has 0 aliphatic heterocycles. The number of methoxy groups -OCH3 is 1. The zero-order chi connectivity index (χ0) is 18.4. The van der Waals surface area contributed by atoms with E-state index in [1.807, 2.05) is 54.6 Å². The molecule has 2 aromatic carbocycles. The zero-order valence-corrected chi connectivity index (χ0v) is 14.4.